The van der Waals surface area contributed by atoms with Crippen LogP contribution < -0.4 is 0 Å². The first kappa shape index (κ1) is 19.7. The van der Waals surface area contributed by atoms with E-state index in [1.165, 1.54) is 44.3 Å². The topological polar surface area (TPSA) is 84.0 Å². The van der Waals surface area contributed by atoms with E-state index in [0.717, 1.165) is 17.1 Å². The molecule has 0 saturated carbocycles. The van der Waals surface area contributed by atoms with Crippen molar-refractivity contribution in [2.75, 3.05) is 27.7 Å². The molecule has 1 aliphatic rings. The Bertz CT molecular complexity index is 779. The number of benzene rings is 1. The summed E-state index contributed by atoms with van der Waals surface area (Å²) in [6.45, 7) is 0.388. The number of ether oxygens (including phenoxy) is 1. The average molecular weight is 389 g/mol. The standard InChI is InChI=1S/C16H21ClN2O5S/c1-18(2)25(22,23)11-7-8-13(17)12(10-11)15(20)19-9-5-4-6-14(19)16(21)24-3/h7-8,10,14H,4-6,9H2,1-3H3. The largest absolute Gasteiger partial charge is 0.467 e. The van der Waals surface area contributed by atoms with E-state index in [0.29, 0.717) is 13.0 Å². The van der Waals surface area contributed by atoms with Crippen molar-refractivity contribution in [2.45, 2.75) is 30.2 Å². The number of methoxy groups -OCH3 is 1. The first-order valence-corrected chi connectivity index (χ1v) is 9.63. The molecule has 1 heterocycles. The second-order valence-corrected chi connectivity index (χ2v) is 8.52. The molecule has 0 N–H and O–H groups in total. The minimum atomic E-state index is -3.70. The Morgan fingerprint density at radius 3 is 2.56 bits per heavy atom. The predicted octanol–water partition coefficient (Wildman–Crippen LogP) is 1.76. The maximum Gasteiger partial charge on any atom is 0.328 e. The first-order chi connectivity index (χ1) is 11.7. The van der Waals surface area contributed by atoms with Gasteiger partial charge in [0.05, 0.1) is 22.6 Å². The summed E-state index contributed by atoms with van der Waals surface area (Å²) in [5.41, 5.74) is 0.0559. The van der Waals surface area contributed by atoms with Gasteiger partial charge in [0.15, 0.2) is 0 Å². The van der Waals surface area contributed by atoms with Crippen molar-refractivity contribution in [2.24, 2.45) is 0 Å². The van der Waals surface area contributed by atoms with Gasteiger partial charge in [-0.1, -0.05) is 11.6 Å². The summed E-state index contributed by atoms with van der Waals surface area (Å²) < 4.78 is 30.4. The van der Waals surface area contributed by atoms with Crippen LogP contribution in [0.4, 0.5) is 0 Å². The molecule has 1 fully saturated rings. The van der Waals surface area contributed by atoms with Crippen LogP contribution in [0, 0.1) is 0 Å². The Morgan fingerprint density at radius 1 is 1.28 bits per heavy atom. The Balaban J connectivity index is 2.43. The summed E-state index contributed by atoms with van der Waals surface area (Å²) in [7, 11) is 0.384. The van der Waals surface area contributed by atoms with Crippen LogP contribution in [-0.4, -0.2) is 63.3 Å². The van der Waals surface area contributed by atoms with Crippen LogP contribution in [0.3, 0.4) is 0 Å². The van der Waals surface area contributed by atoms with Crippen molar-refractivity contribution in [3.8, 4) is 0 Å². The Hall–Kier alpha value is -1.64. The van der Waals surface area contributed by atoms with E-state index in [-0.39, 0.29) is 15.5 Å². The van der Waals surface area contributed by atoms with Gasteiger partial charge >= 0.3 is 5.97 Å². The molecule has 25 heavy (non-hydrogen) atoms. The molecule has 0 bridgehead atoms. The summed E-state index contributed by atoms with van der Waals surface area (Å²) >= 11 is 6.13. The lowest BCUT2D eigenvalue weighted by molar-refractivity contribution is -0.147. The van der Waals surface area contributed by atoms with Crippen LogP contribution in [-0.2, 0) is 19.6 Å². The quantitative estimate of drug-likeness (QED) is 0.734. The summed E-state index contributed by atoms with van der Waals surface area (Å²) in [6, 6.07) is 3.30. The Labute approximate surface area is 152 Å². The number of esters is 1. The van der Waals surface area contributed by atoms with Gasteiger partial charge in [0, 0.05) is 20.6 Å². The number of hydrogen-bond acceptors (Lipinski definition) is 5. The van der Waals surface area contributed by atoms with Crippen molar-refractivity contribution < 1.29 is 22.7 Å². The predicted molar refractivity (Wildman–Crippen MR) is 93.0 cm³/mol. The lowest BCUT2D eigenvalue weighted by Gasteiger charge is -2.34. The van der Waals surface area contributed by atoms with Gasteiger partial charge in [-0.15, -0.1) is 0 Å². The number of nitrogens with zero attached hydrogens (tertiary/aromatic N) is 2. The molecule has 138 valence electrons. The van der Waals surface area contributed by atoms with E-state index in [2.05, 4.69) is 0 Å². The third-order valence-corrected chi connectivity index (χ3v) is 6.32. The number of carbonyl (C=O) groups is 2. The molecule has 1 aromatic rings. The molecule has 7 nitrogen and oxygen atoms in total. The molecule has 1 atom stereocenters. The molecule has 1 aliphatic heterocycles. The number of rotatable bonds is 4. The normalized spacial score (nSPS) is 18.3. The van der Waals surface area contributed by atoms with E-state index >= 15 is 0 Å². The smallest absolute Gasteiger partial charge is 0.328 e. The third kappa shape index (κ3) is 3.96. The van der Waals surface area contributed by atoms with E-state index in [4.69, 9.17) is 16.3 Å². The molecule has 0 aromatic heterocycles. The fraction of sp³-hybridized carbons (Fsp3) is 0.500. The number of sulfonamides is 1. The van der Waals surface area contributed by atoms with E-state index in [1.807, 2.05) is 0 Å². The van der Waals surface area contributed by atoms with Gasteiger partial charge in [-0.05, 0) is 37.5 Å². The number of likely N-dealkylation sites (tertiary alicyclic amines) is 1. The molecule has 1 aromatic carbocycles. The van der Waals surface area contributed by atoms with Crippen LogP contribution >= 0.6 is 11.6 Å². The van der Waals surface area contributed by atoms with Crippen molar-refractivity contribution in [3.05, 3.63) is 28.8 Å². The number of halogens is 1. The minimum Gasteiger partial charge on any atom is -0.467 e. The van der Waals surface area contributed by atoms with E-state index in [1.54, 1.807) is 0 Å². The van der Waals surface area contributed by atoms with Crippen LogP contribution in [0.25, 0.3) is 0 Å². The fourth-order valence-corrected chi connectivity index (χ4v) is 3.88. The summed E-state index contributed by atoms with van der Waals surface area (Å²) in [5, 5.41) is 0.136. The summed E-state index contributed by atoms with van der Waals surface area (Å²) in [4.78, 5) is 26.3. The van der Waals surface area contributed by atoms with Gasteiger partial charge in [0.1, 0.15) is 6.04 Å². The number of amides is 1. The lowest BCUT2D eigenvalue weighted by atomic mass is 10.0. The molecule has 0 radical (unpaired) electrons. The van der Waals surface area contributed by atoms with Gasteiger partial charge in [-0.2, -0.15) is 0 Å². The molecule has 0 spiro atoms. The molecular formula is C16H21ClN2O5S. The Morgan fingerprint density at radius 2 is 1.96 bits per heavy atom. The summed E-state index contributed by atoms with van der Waals surface area (Å²) in [5.74, 6) is -0.961. The summed E-state index contributed by atoms with van der Waals surface area (Å²) in [6.07, 6.45) is 2.07. The lowest BCUT2D eigenvalue weighted by Crippen LogP contribution is -2.48. The maximum absolute atomic E-state index is 12.9. The monoisotopic (exact) mass is 388 g/mol. The highest BCUT2D eigenvalue weighted by Gasteiger charge is 2.34. The highest BCUT2D eigenvalue weighted by Crippen LogP contribution is 2.27. The highest BCUT2D eigenvalue weighted by atomic mass is 35.5. The van der Waals surface area contributed by atoms with Crippen molar-refractivity contribution >= 4 is 33.5 Å². The van der Waals surface area contributed by atoms with Gasteiger partial charge in [-0.25, -0.2) is 17.5 Å². The second kappa shape index (κ2) is 7.72. The van der Waals surface area contributed by atoms with Crippen molar-refractivity contribution in [1.82, 2.24) is 9.21 Å². The zero-order valence-electron chi connectivity index (χ0n) is 14.4. The zero-order chi connectivity index (χ0) is 18.8. The van der Waals surface area contributed by atoms with Crippen molar-refractivity contribution in [3.63, 3.8) is 0 Å². The van der Waals surface area contributed by atoms with Gasteiger partial charge in [0.2, 0.25) is 10.0 Å². The molecule has 1 amide bonds. The zero-order valence-corrected chi connectivity index (χ0v) is 15.9. The Kier molecular flexibility index (Phi) is 6.08. The van der Waals surface area contributed by atoms with Gasteiger partial charge < -0.3 is 9.64 Å². The van der Waals surface area contributed by atoms with Crippen LogP contribution in [0.15, 0.2) is 23.1 Å². The molecule has 1 saturated heterocycles. The first-order valence-electron chi connectivity index (χ1n) is 7.81. The minimum absolute atomic E-state index is 0.0307. The fourth-order valence-electron chi connectivity index (χ4n) is 2.75. The molecule has 0 aliphatic carbocycles. The number of piperidine rings is 1. The van der Waals surface area contributed by atoms with Crippen LogP contribution in [0.5, 0.6) is 0 Å². The number of carbonyl (C=O) groups excluding carboxylic acids is 2. The molecule has 1 unspecified atom stereocenters. The van der Waals surface area contributed by atoms with E-state index < -0.39 is 27.9 Å². The molecular weight excluding hydrogens is 368 g/mol. The van der Waals surface area contributed by atoms with Gasteiger partial charge in [0.25, 0.3) is 5.91 Å². The maximum atomic E-state index is 12.9. The van der Waals surface area contributed by atoms with Gasteiger partial charge in [-0.3, -0.25) is 4.79 Å². The van der Waals surface area contributed by atoms with E-state index in [9.17, 15) is 18.0 Å². The van der Waals surface area contributed by atoms with Crippen molar-refractivity contribution in [1.29, 1.82) is 0 Å². The highest BCUT2D eigenvalue weighted by molar-refractivity contribution is 7.89. The third-order valence-electron chi connectivity index (χ3n) is 4.18. The average Bonchev–Trinajstić information content (AvgIpc) is 2.60. The SMILES string of the molecule is COC(=O)C1CCCCN1C(=O)c1cc(S(=O)(=O)N(C)C)ccc1Cl. The second-order valence-electron chi connectivity index (χ2n) is 5.96. The molecule has 2 rings (SSSR count). The van der Waals surface area contributed by atoms with Crippen LogP contribution in [0.1, 0.15) is 29.6 Å². The molecule has 9 heteroatoms. The van der Waals surface area contributed by atoms with Crippen LogP contribution in [0.2, 0.25) is 5.02 Å². The number of hydrogen-bond donors (Lipinski definition) is 0.